The standard InChI is InChI=1S/C21H20O3/c1-14-8-10-16(11-9-14)21(22)15(2)24-20-13-18-7-5-4-6-17(18)12-19(20)23-3/h4-13,15H,1-3H3. The first-order chi connectivity index (χ1) is 11.6. The number of carbonyl (C=O) groups excluding carboxylic acids is 1. The summed E-state index contributed by atoms with van der Waals surface area (Å²) in [6.45, 7) is 3.75. The van der Waals surface area contributed by atoms with Crippen molar-refractivity contribution in [2.24, 2.45) is 0 Å². The summed E-state index contributed by atoms with van der Waals surface area (Å²) in [6.07, 6.45) is -0.595. The summed E-state index contributed by atoms with van der Waals surface area (Å²) in [5.74, 6) is 1.15. The van der Waals surface area contributed by atoms with E-state index in [9.17, 15) is 4.79 Å². The van der Waals surface area contributed by atoms with Gasteiger partial charge in [0.15, 0.2) is 17.6 Å². The van der Waals surface area contributed by atoms with Crippen molar-refractivity contribution in [1.29, 1.82) is 0 Å². The summed E-state index contributed by atoms with van der Waals surface area (Å²) in [4.78, 5) is 12.6. The van der Waals surface area contributed by atoms with Gasteiger partial charge in [-0.05, 0) is 36.8 Å². The molecule has 3 aromatic carbocycles. The number of hydrogen-bond donors (Lipinski definition) is 0. The highest BCUT2D eigenvalue weighted by molar-refractivity contribution is 5.99. The number of rotatable bonds is 5. The van der Waals surface area contributed by atoms with E-state index in [0.29, 0.717) is 17.1 Å². The third kappa shape index (κ3) is 3.25. The number of hydrogen-bond acceptors (Lipinski definition) is 3. The van der Waals surface area contributed by atoms with Crippen LogP contribution in [0.25, 0.3) is 10.8 Å². The topological polar surface area (TPSA) is 35.5 Å². The average Bonchev–Trinajstić information content (AvgIpc) is 2.61. The molecular formula is C21H20O3. The molecule has 0 saturated heterocycles. The number of ketones is 1. The molecule has 24 heavy (non-hydrogen) atoms. The van der Waals surface area contributed by atoms with Gasteiger partial charge in [0.05, 0.1) is 7.11 Å². The molecule has 3 heteroatoms. The molecule has 0 bridgehead atoms. The van der Waals surface area contributed by atoms with Crippen LogP contribution in [0.3, 0.4) is 0 Å². The molecule has 3 rings (SSSR count). The van der Waals surface area contributed by atoms with Crippen LogP contribution in [0, 0.1) is 6.92 Å². The normalized spacial score (nSPS) is 12.0. The Hall–Kier alpha value is -2.81. The summed E-state index contributed by atoms with van der Waals surface area (Å²) in [5.41, 5.74) is 1.77. The van der Waals surface area contributed by atoms with Crippen LogP contribution in [0.15, 0.2) is 60.7 Å². The third-order valence-electron chi connectivity index (χ3n) is 4.04. The first-order valence-electron chi connectivity index (χ1n) is 7.93. The molecule has 0 heterocycles. The molecule has 3 aromatic rings. The quantitative estimate of drug-likeness (QED) is 0.633. The fourth-order valence-electron chi connectivity index (χ4n) is 2.65. The first-order valence-corrected chi connectivity index (χ1v) is 7.93. The number of aryl methyl sites for hydroxylation is 1. The van der Waals surface area contributed by atoms with Crippen molar-refractivity contribution >= 4 is 16.6 Å². The van der Waals surface area contributed by atoms with Gasteiger partial charge in [0.25, 0.3) is 0 Å². The lowest BCUT2D eigenvalue weighted by atomic mass is 10.1. The van der Waals surface area contributed by atoms with Gasteiger partial charge in [-0.1, -0.05) is 54.1 Å². The lowest BCUT2D eigenvalue weighted by molar-refractivity contribution is 0.0814. The average molecular weight is 320 g/mol. The fraction of sp³-hybridized carbons (Fsp3) is 0.190. The molecule has 0 amide bonds. The summed E-state index contributed by atoms with van der Waals surface area (Å²) < 4.78 is 11.3. The highest BCUT2D eigenvalue weighted by Gasteiger charge is 2.19. The summed E-state index contributed by atoms with van der Waals surface area (Å²) >= 11 is 0. The Kier molecular flexibility index (Phi) is 4.52. The molecule has 0 N–H and O–H groups in total. The lowest BCUT2D eigenvalue weighted by Gasteiger charge is -2.17. The van der Waals surface area contributed by atoms with E-state index in [-0.39, 0.29) is 5.78 Å². The predicted molar refractivity (Wildman–Crippen MR) is 96.1 cm³/mol. The smallest absolute Gasteiger partial charge is 0.202 e. The molecule has 0 saturated carbocycles. The molecule has 0 aliphatic rings. The lowest BCUT2D eigenvalue weighted by Crippen LogP contribution is -2.24. The Morgan fingerprint density at radius 1 is 0.917 bits per heavy atom. The Labute approximate surface area is 141 Å². The van der Waals surface area contributed by atoms with Crippen molar-refractivity contribution in [2.75, 3.05) is 7.11 Å². The van der Waals surface area contributed by atoms with Crippen molar-refractivity contribution in [2.45, 2.75) is 20.0 Å². The number of ether oxygens (including phenoxy) is 2. The van der Waals surface area contributed by atoms with Crippen molar-refractivity contribution < 1.29 is 14.3 Å². The van der Waals surface area contributed by atoms with Crippen LogP contribution < -0.4 is 9.47 Å². The molecule has 0 aromatic heterocycles. The Balaban J connectivity index is 1.87. The van der Waals surface area contributed by atoms with Crippen LogP contribution in [0.2, 0.25) is 0 Å². The van der Waals surface area contributed by atoms with Crippen LogP contribution in [-0.2, 0) is 0 Å². The van der Waals surface area contributed by atoms with Gasteiger partial charge in [0, 0.05) is 5.56 Å². The molecule has 0 aliphatic carbocycles. The fourth-order valence-corrected chi connectivity index (χ4v) is 2.65. The highest BCUT2D eigenvalue weighted by Crippen LogP contribution is 2.33. The largest absolute Gasteiger partial charge is 0.493 e. The van der Waals surface area contributed by atoms with Crippen LogP contribution in [0.4, 0.5) is 0 Å². The van der Waals surface area contributed by atoms with Gasteiger partial charge in [-0.3, -0.25) is 4.79 Å². The van der Waals surface area contributed by atoms with E-state index in [0.717, 1.165) is 16.3 Å². The Bertz CT molecular complexity index is 866. The molecule has 0 fully saturated rings. The molecule has 3 nitrogen and oxygen atoms in total. The van der Waals surface area contributed by atoms with Gasteiger partial charge < -0.3 is 9.47 Å². The van der Waals surface area contributed by atoms with E-state index in [2.05, 4.69) is 0 Å². The molecule has 1 unspecified atom stereocenters. The number of Topliss-reactive ketones (excluding diaryl/α,β-unsaturated/α-hetero) is 1. The SMILES string of the molecule is COc1cc2ccccc2cc1OC(C)C(=O)c1ccc(C)cc1. The predicted octanol–water partition coefficient (Wildman–Crippen LogP) is 4.81. The van der Waals surface area contributed by atoms with Crippen molar-refractivity contribution in [3.8, 4) is 11.5 Å². The number of methoxy groups -OCH3 is 1. The van der Waals surface area contributed by atoms with E-state index in [1.165, 1.54) is 0 Å². The monoisotopic (exact) mass is 320 g/mol. The van der Waals surface area contributed by atoms with Gasteiger partial charge in [0.2, 0.25) is 5.78 Å². The van der Waals surface area contributed by atoms with Gasteiger partial charge in [-0.15, -0.1) is 0 Å². The Morgan fingerprint density at radius 3 is 2.08 bits per heavy atom. The molecule has 122 valence electrons. The van der Waals surface area contributed by atoms with Crippen LogP contribution >= 0.6 is 0 Å². The van der Waals surface area contributed by atoms with Gasteiger partial charge in [-0.25, -0.2) is 0 Å². The van der Waals surface area contributed by atoms with Gasteiger partial charge in [0.1, 0.15) is 0 Å². The second-order valence-corrected chi connectivity index (χ2v) is 5.84. The van der Waals surface area contributed by atoms with Crippen LogP contribution in [0.1, 0.15) is 22.8 Å². The molecule has 0 radical (unpaired) electrons. The van der Waals surface area contributed by atoms with Crippen molar-refractivity contribution in [3.63, 3.8) is 0 Å². The molecule has 0 spiro atoms. The minimum Gasteiger partial charge on any atom is -0.493 e. The maximum absolute atomic E-state index is 12.6. The van der Waals surface area contributed by atoms with E-state index in [1.807, 2.05) is 67.6 Å². The zero-order valence-corrected chi connectivity index (χ0v) is 14.1. The molecule has 1 atom stereocenters. The maximum atomic E-state index is 12.6. The molecule has 0 aliphatic heterocycles. The minimum atomic E-state index is -0.595. The second-order valence-electron chi connectivity index (χ2n) is 5.84. The van der Waals surface area contributed by atoms with Gasteiger partial charge in [-0.2, -0.15) is 0 Å². The number of fused-ring (bicyclic) bond motifs is 1. The van der Waals surface area contributed by atoms with E-state index < -0.39 is 6.10 Å². The van der Waals surface area contributed by atoms with Crippen LogP contribution in [-0.4, -0.2) is 19.0 Å². The second kappa shape index (κ2) is 6.75. The first kappa shape index (κ1) is 16.1. The summed E-state index contributed by atoms with van der Waals surface area (Å²) in [5, 5.41) is 2.11. The van der Waals surface area contributed by atoms with E-state index in [1.54, 1.807) is 14.0 Å². The van der Waals surface area contributed by atoms with Crippen molar-refractivity contribution in [1.82, 2.24) is 0 Å². The van der Waals surface area contributed by atoms with Crippen LogP contribution in [0.5, 0.6) is 11.5 Å². The third-order valence-corrected chi connectivity index (χ3v) is 4.04. The zero-order chi connectivity index (χ0) is 17.1. The van der Waals surface area contributed by atoms with E-state index in [4.69, 9.17) is 9.47 Å². The summed E-state index contributed by atoms with van der Waals surface area (Å²) in [7, 11) is 1.60. The number of carbonyl (C=O) groups is 1. The Morgan fingerprint density at radius 2 is 1.50 bits per heavy atom. The maximum Gasteiger partial charge on any atom is 0.202 e. The minimum absolute atomic E-state index is 0.0507. The van der Waals surface area contributed by atoms with Crippen molar-refractivity contribution in [3.05, 3.63) is 71.8 Å². The number of benzene rings is 3. The molecular weight excluding hydrogens is 300 g/mol. The van der Waals surface area contributed by atoms with Gasteiger partial charge >= 0.3 is 0 Å². The van der Waals surface area contributed by atoms with E-state index >= 15 is 0 Å². The zero-order valence-electron chi connectivity index (χ0n) is 14.1. The highest BCUT2D eigenvalue weighted by atomic mass is 16.5. The summed E-state index contributed by atoms with van der Waals surface area (Å²) in [6, 6.07) is 19.3.